The van der Waals surface area contributed by atoms with Crippen LogP contribution in [0.5, 0.6) is 0 Å². The molecule has 1 atom stereocenters. The minimum atomic E-state index is 0.0963. The van der Waals surface area contributed by atoms with E-state index in [4.69, 9.17) is 10.9 Å². The molecule has 0 aromatic heterocycles. The third-order valence-electron chi connectivity index (χ3n) is 2.51. The zero-order valence-corrected chi connectivity index (χ0v) is 8.03. The van der Waals surface area contributed by atoms with Gasteiger partial charge >= 0.3 is 0 Å². The summed E-state index contributed by atoms with van der Waals surface area (Å²) >= 11 is 0. The second-order valence-corrected chi connectivity index (χ2v) is 3.47. The van der Waals surface area contributed by atoms with Crippen molar-refractivity contribution in [2.24, 2.45) is 10.7 Å². The molecule has 13 heavy (non-hydrogen) atoms. The van der Waals surface area contributed by atoms with Gasteiger partial charge in [0.05, 0.1) is 6.54 Å². The number of hydrogen-bond donors (Lipinski definition) is 3. The number of nitrogens with two attached hydrogens (primary N) is 1. The lowest BCUT2D eigenvalue weighted by Gasteiger charge is -2.31. The molecule has 0 amide bonds. The van der Waals surface area contributed by atoms with Gasteiger partial charge < -0.3 is 10.6 Å². The summed E-state index contributed by atoms with van der Waals surface area (Å²) in [6, 6.07) is 0.473. The fourth-order valence-corrected chi connectivity index (χ4v) is 1.61. The summed E-state index contributed by atoms with van der Waals surface area (Å²) in [4.78, 5) is 6.30. The topological polar surface area (TPSA) is 73.9 Å². The molecule has 1 fully saturated rings. The maximum absolute atomic E-state index is 8.41. The third kappa shape index (κ3) is 3.20. The fourth-order valence-electron chi connectivity index (χ4n) is 1.61. The number of likely N-dealkylation sites (tertiary alicyclic amines) is 1. The number of piperidine rings is 1. The van der Waals surface area contributed by atoms with Crippen LogP contribution < -0.4 is 11.2 Å². The summed E-state index contributed by atoms with van der Waals surface area (Å²) < 4.78 is 0. The second-order valence-electron chi connectivity index (χ2n) is 3.47. The van der Waals surface area contributed by atoms with Gasteiger partial charge in [0.2, 0.25) is 5.96 Å². The second kappa shape index (κ2) is 5.04. The van der Waals surface area contributed by atoms with Crippen molar-refractivity contribution >= 4 is 5.96 Å². The number of hydrogen-bond acceptors (Lipinski definition) is 3. The van der Waals surface area contributed by atoms with Crippen molar-refractivity contribution in [2.75, 3.05) is 20.1 Å². The molecular weight excluding hydrogens is 168 g/mol. The predicted octanol–water partition coefficient (Wildman–Crippen LogP) is -0.236. The molecule has 4 N–H and O–H groups in total. The molecule has 0 saturated carbocycles. The average molecular weight is 186 g/mol. The molecule has 0 aromatic carbocycles. The largest absolute Gasteiger partial charge is 0.368 e. The van der Waals surface area contributed by atoms with E-state index in [2.05, 4.69) is 16.9 Å². The average Bonchev–Trinajstić information content (AvgIpc) is 2.16. The number of guanidine groups is 1. The molecule has 1 aliphatic heterocycles. The first-order valence-electron chi connectivity index (χ1n) is 4.64. The maximum Gasteiger partial charge on any atom is 0.212 e. The number of hydroxylamine groups is 1. The maximum atomic E-state index is 8.41. The molecule has 0 radical (unpaired) electrons. The molecular formula is C8H18N4O. The van der Waals surface area contributed by atoms with Crippen molar-refractivity contribution in [3.8, 4) is 0 Å². The van der Waals surface area contributed by atoms with Crippen molar-refractivity contribution in [1.29, 1.82) is 0 Å². The van der Waals surface area contributed by atoms with Gasteiger partial charge in [-0.3, -0.25) is 10.2 Å². The standard InChI is InChI=1S/C8H18N4O/c1-12-5-3-2-4-7(12)6-10-8(9)11-13/h7,13H,2-6H2,1H3,(H3,9,10,11). The zero-order valence-electron chi connectivity index (χ0n) is 8.03. The molecule has 1 aliphatic rings. The lowest BCUT2D eigenvalue weighted by Crippen LogP contribution is -2.39. The highest BCUT2D eigenvalue weighted by Gasteiger charge is 2.17. The Kier molecular flexibility index (Phi) is 3.98. The van der Waals surface area contributed by atoms with Crippen LogP contribution in [0, 0.1) is 0 Å². The monoisotopic (exact) mass is 186 g/mol. The Balaban J connectivity index is 2.34. The summed E-state index contributed by atoms with van der Waals surface area (Å²) in [5.74, 6) is 0.0963. The van der Waals surface area contributed by atoms with E-state index >= 15 is 0 Å². The van der Waals surface area contributed by atoms with Gasteiger partial charge in [0.1, 0.15) is 0 Å². The SMILES string of the molecule is CN1CCCCC1CN=C(N)NO. The van der Waals surface area contributed by atoms with Gasteiger partial charge in [-0.05, 0) is 26.4 Å². The predicted molar refractivity (Wildman–Crippen MR) is 51.7 cm³/mol. The highest BCUT2D eigenvalue weighted by molar-refractivity contribution is 5.76. The Bertz CT molecular complexity index is 183. The third-order valence-corrected chi connectivity index (χ3v) is 2.51. The minimum absolute atomic E-state index is 0.0963. The summed E-state index contributed by atoms with van der Waals surface area (Å²) in [7, 11) is 2.10. The molecule has 0 aromatic rings. The molecule has 1 heterocycles. The van der Waals surface area contributed by atoms with Crippen LogP contribution in [0.3, 0.4) is 0 Å². The van der Waals surface area contributed by atoms with E-state index in [1.54, 1.807) is 0 Å². The van der Waals surface area contributed by atoms with Gasteiger partial charge in [-0.2, -0.15) is 0 Å². The molecule has 5 nitrogen and oxygen atoms in total. The van der Waals surface area contributed by atoms with Gasteiger partial charge in [0, 0.05) is 6.04 Å². The molecule has 1 saturated heterocycles. The van der Waals surface area contributed by atoms with Crippen LogP contribution >= 0.6 is 0 Å². The minimum Gasteiger partial charge on any atom is -0.368 e. The van der Waals surface area contributed by atoms with Gasteiger partial charge in [-0.25, -0.2) is 5.48 Å². The quantitative estimate of drug-likeness (QED) is 0.316. The van der Waals surface area contributed by atoms with E-state index in [0.29, 0.717) is 12.6 Å². The van der Waals surface area contributed by atoms with E-state index in [1.807, 2.05) is 5.48 Å². The number of rotatable bonds is 2. The summed E-state index contributed by atoms with van der Waals surface area (Å²) in [5, 5.41) is 8.41. The lowest BCUT2D eigenvalue weighted by molar-refractivity contribution is 0.190. The zero-order chi connectivity index (χ0) is 9.68. The first-order chi connectivity index (χ1) is 6.24. The molecule has 5 heteroatoms. The van der Waals surface area contributed by atoms with Gasteiger partial charge in [-0.15, -0.1) is 0 Å². The lowest BCUT2D eigenvalue weighted by atomic mass is 10.0. The molecule has 1 rings (SSSR count). The smallest absolute Gasteiger partial charge is 0.212 e. The molecule has 0 spiro atoms. The Morgan fingerprint density at radius 3 is 3.08 bits per heavy atom. The van der Waals surface area contributed by atoms with E-state index in [1.165, 1.54) is 19.3 Å². The summed E-state index contributed by atoms with van der Waals surface area (Å²) in [6.07, 6.45) is 3.69. The van der Waals surface area contributed by atoms with Gasteiger partial charge in [0.15, 0.2) is 0 Å². The van der Waals surface area contributed by atoms with Crippen LogP contribution in [0.25, 0.3) is 0 Å². The van der Waals surface area contributed by atoms with Crippen LogP contribution in [0.4, 0.5) is 0 Å². The molecule has 0 bridgehead atoms. The molecule has 0 aliphatic carbocycles. The van der Waals surface area contributed by atoms with E-state index in [-0.39, 0.29) is 5.96 Å². The number of likely N-dealkylation sites (N-methyl/N-ethyl adjacent to an activating group) is 1. The van der Waals surface area contributed by atoms with Crippen molar-refractivity contribution in [3.05, 3.63) is 0 Å². The van der Waals surface area contributed by atoms with Crippen molar-refractivity contribution in [2.45, 2.75) is 25.3 Å². The Labute approximate surface area is 78.6 Å². The van der Waals surface area contributed by atoms with Crippen LogP contribution in [-0.4, -0.2) is 42.2 Å². The number of aliphatic imine (C=N–C) groups is 1. The van der Waals surface area contributed by atoms with Crippen LogP contribution in [0.15, 0.2) is 4.99 Å². The highest BCUT2D eigenvalue weighted by Crippen LogP contribution is 2.14. The van der Waals surface area contributed by atoms with Gasteiger partial charge in [-0.1, -0.05) is 6.42 Å². The van der Waals surface area contributed by atoms with Gasteiger partial charge in [0.25, 0.3) is 0 Å². The number of nitrogens with zero attached hydrogens (tertiary/aromatic N) is 2. The van der Waals surface area contributed by atoms with Crippen molar-refractivity contribution < 1.29 is 5.21 Å². The Morgan fingerprint density at radius 1 is 1.69 bits per heavy atom. The Hall–Kier alpha value is -0.810. The fraction of sp³-hybridized carbons (Fsp3) is 0.875. The van der Waals surface area contributed by atoms with E-state index in [9.17, 15) is 0 Å². The van der Waals surface area contributed by atoms with Crippen molar-refractivity contribution in [3.63, 3.8) is 0 Å². The summed E-state index contributed by atoms with van der Waals surface area (Å²) in [6.45, 7) is 1.79. The van der Waals surface area contributed by atoms with E-state index < -0.39 is 0 Å². The first kappa shape index (κ1) is 10.3. The van der Waals surface area contributed by atoms with Crippen LogP contribution in [0.1, 0.15) is 19.3 Å². The highest BCUT2D eigenvalue weighted by atomic mass is 16.5. The van der Waals surface area contributed by atoms with Crippen LogP contribution in [-0.2, 0) is 0 Å². The van der Waals surface area contributed by atoms with Crippen molar-refractivity contribution in [1.82, 2.24) is 10.4 Å². The van der Waals surface area contributed by atoms with E-state index in [0.717, 1.165) is 6.54 Å². The first-order valence-corrected chi connectivity index (χ1v) is 4.64. The Morgan fingerprint density at radius 2 is 2.46 bits per heavy atom. The molecule has 1 unspecified atom stereocenters. The summed E-state index contributed by atoms with van der Waals surface area (Å²) in [5.41, 5.74) is 7.13. The normalized spacial score (nSPS) is 26.0. The van der Waals surface area contributed by atoms with Crippen LogP contribution in [0.2, 0.25) is 0 Å². The number of nitrogens with one attached hydrogen (secondary N) is 1. The molecule has 76 valence electrons.